The van der Waals surface area contributed by atoms with Gasteiger partial charge in [-0.15, -0.1) is 10.2 Å². The van der Waals surface area contributed by atoms with Crippen molar-refractivity contribution in [1.82, 2.24) is 15.2 Å². The highest BCUT2D eigenvalue weighted by molar-refractivity contribution is 7.80. The molecule has 0 aliphatic rings. The highest BCUT2D eigenvalue weighted by atomic mass is 32.1. The van der Waals surface area contributed by atoms with Crippen molar-refractivity contribution in [2.45, 2.75) is 19.1 Å². The Morgan fingerprint density at radius 1 is 1.24 bits per heavy atom. The summed E-state index contributed by atoms with van der Waals surface area (Å²) >= 11 is 4.01. The number of nitrogens with one attached hydrogen (secondary N) is 1. The van der Waals surface area contributed by atoms with Gasteiger partial charge in [0.05, 0.1) is 0 Å². The van der Waals surface area contributed by atoms with Gasteiger partial charge in [-0.25, -0.2) is 0 Å². The monoisotopic (exact) mass is 245 g/mol. The Labute approximate surface area is 103 Å². The number of nitrogens with zero attached hydrogens (tertiary/aromatic N) is 2. The summed E-state index contributed by atoms with van der Waals surface area (Å²) in [5.41, 5.74) is 4.45. The smallest absolute Gasteiger partial charge is 0.273 e. The largest absolute Gasteiger partial charge is 0.411 e. The first-order chi connectivity index (χ1) is 8.15. The summed E-state index contributed by atoms with van der Waals surface area (Å²) in [5.74, 6) is 0.496. The number of thiol groups is 1. The van der Waals surface area contributed by atoms with Crippen LogP contribution in [0.2, 0.25) is 0 Å². The van der Waals surface area contributed by atoms with Crippen molar-refractivity contribution in [3.63, 3.8) is 0 Å². The van der Waals surface area contributed by atoms with E-state index >= 15 is 0 Å². The zero-order valence-electron chi connectivity index (χ0n) is 9.48. The van der Waals surface area contributed by atoms with Crippen LogP contribution in [0.3, 0.4) is 0 Å². The van der Waals surface area contributed by atoms with Gasteiger partial charge >= 0.3 is 0 Å². The van der Waals surface area contributed by atoms with Crippen LogP contribution in [0.15, 0.2) is 27.8 Å². The molecule has 0 bridgehead atoms. The Morgan fingerprint density at radius 2 is 2.06 bits per heavy atom. The van der Waals surface area contributed by atoms with Crippen LogP contribution in [0.4, 0.5) is 0 Å². The number of H-pyrrole nitrogens is 1. The van der Waals surface area contributed by atoms with E-state index in [2.05, 4.69) is 47.7 Å². The number of rotatable bonds is 1. The second-order valence-corrected chi connectivity index (χ2v) is 4.41. The Hall–Kier alpha value is -1.75. The minimum Gasteiger partial charge on any atom is -0.411 e. The molecule has 0 unspecified atom stereocenters. The SMILES string of the molecule is Cc1[nH]c2ccc(-c3nnc(S)o3)cc2c1C. The van der Waals surface area contributed by atoms with E-state index in [1.807, 2.05) is 12.1 Å². The average molecular weight is 245 g/mol. The molecule has 17 heavy (non-hydrogen) atoms. The van der Waals surface area contributed by atoms with Crippen molar-refractivity contribution in [3.8, 4) is 11.5 Å². The Balaban J connectivity index is 2.22. The summed E-state index contributed by atoms with van der Waals surface area (Å²) in [7, 11) is 0. The molecule has 0 radical (unpaired) electrons. The van der Waals surface area contributed by atoms with E-state index in [1.54, 1.807) is 0 Å². The van der Waals surface area contributed by atoms with E-state index in [4.69, 9.17) is 4.42 Å². The van der Waals surface area contributed by atoms with Crippen LogP contribution >= 0.6 is 12.6 Å². The third-order valence-electron chi connectivity index (χ3n) is 2.97. The van der Waals surface area contributed by atoms with Gasteiger partial charge in [0.2, 0.25) is 5.89 Å². The van der Waals surface area contributed by atoms with Gasteiger partial charge in [0.15, 0.2) is 0 Å². The molecule has 0 saturated carbocycles. The van der Waals surface area contributed by atoms with Gasteiger partial charge in [-0.3, -0.25) is 0 Å². The molecule has 2 heterocycles. The highest BCUT2D eigenvalue weighted by Gasteiger charge is 2.09. The minimum atomic E-state index is 0.280. The van der Waals surface area contributed by atoms with E-state index in [0.29, 0.717) is 5.89 Å². The van der Waals surface area contributed by atoms with Gasteiger partial charge in [0.1, 0.15) is 0 Å². The van der Waals surface area contributed by atoms with Crippen molar-refractivity contribution >= 4 is 23.5 Å². The molecule has 1 aromatic carbocycles. The van der Waals surface area contributed by atoms with Crippen LogP contribution in [0.5, 0.6) is 0 Å². The van der Waals surface area contributed by atoms with Crippen LogP contribution < -0.4 is 0 Å². The molecule has 0 saturated heterocycles. The molecule has 1 N–H and O–H groups in total. The molecule has 0 amide bonds. The molecule has 2 aromatic heterocycles. The maximum absolute atomic E-state index is 5.30. The molecule has 4 nitrogen and oxygen atoms in total. The first kappa shape index (κ1) is 10.4. The second-order valence-electron chi connectivity index (χ2n) is 4.03. The Kier molecular flexibility index (Phi) is 2.22. The highest BCUT2D eigenvalue weighted by Crippen LogP contribution is 2.27. The fraction of sp³-hybridized carbons (Fsp3) is 0.167. The zero-order chi connectivity index (χ0) is 12.0. The van der Waals surface area contributed by atoms with Crippen LogP contribution in [-0.2, 0) is 0 Å². The first-order valence-corrected chi connectivity index (χ1v) is 5.71. The average Bonchev–Trinajstić information content (AvgIpc) is 2.85. The van der Waals surface area contributed by atoms with Crippen LogP contribution in [0.1, 0.15) is 11.3 Å². The summed E-state index contributed by atoms with van der Waals surface area (Å²) in [5, 5.41) is 9.13. The molecule has 0 atom stereocenters. The number of aromatic amines is 1. The maximum atomic E-state index is 5.30. The predicted octanol–water partition coefficient (Wildman–Crippen LogP) is 3.12. The maximum Gasteiger partial charge on any atom is 0.273 e. The molecular formula is C12H11N3OS. The lowest BCUT2D eigenvalue weighted by molar-refractivity contribution is 0.468. The van der Waals surface area contributed by atoms with Crippen molar-refractivity contribution in [1.29, 1.82) is 0 Å². The number of fused-ring (bicyclic) bond motifs is 1. The van der Waals surface area contributed by atoms with E-state index in [1.165, 1.54) is 16.6 Å². The lowest BCUT2D eigenvalue weighted by Gasteiger charge is -1.96. The third-order valence-corrected chi connectivity index (χ3v) is 3.15. The lowest BCUT2D eigenvalue weighted by Crippen LogP contribution is -1.78. The number of hydrogen-bond donors (Lipinski definition) is 2. The summed E-state index contributed by atoms with van der Waals surface area (Å²) in [4.78, 5) is 3.33. The fourth-order valence-electron chi connectivity index (χ4n) is 1.93. The van der Waals surface area contributed by atoms with Crippen LogP contribution in [0, 0.1) is 13.8 Å². The first-order valence-electron chi connectivity index (χ1n) is 5.27. The summed E-state index contributed by atoms with van der Waals surface area (Å²) < 4.78 is 5.30. The number of benzene rings is 1. The second kappa shape index (κ2) is 3.63. The standard InChI is InChI=1S/C12H11N3OS/c1-6-7(2)13-10-4-3-8(5-9(6)10)11-14-15-12(17)16-11/h3-5,13H,1-2H3,(H,15,17). The molecule has 3 aromatic rings. The molecule has 3 rings (SSSR count). The minimum absolute atomic E-state index is 0.280. The lowest BCUT2D eigenvalue weighted by atomic mass is 10.1. The molecular weight excluding hydrogens is 234 g/mol. The summed E-state index contributed by atoms with van der Waals surface area (Å²) in [6, 6.07) is 6.03. The van der Waals surface area contributed by atoms with Gasteiger partial charge < -0.3 is 9.40 Å². The fourth-order valence-corrected chi connectivity index (χ4v) is 2.06. The van der Waals surface area contributed by atoms with Gasteiger partial charge in [-0.1, -0.05) is 12.6 Å². The molecule has 0 spiro atoms. The van der Waals surface area contributed by atoms with E-state index in [-0.39, 0.29) is 5.22 Å². The number of aryl methyl sites for hydroxylation is 2. The van der Waals surface area contributed by atoms with Crippen molar-refractivity contribution in [3.05, 3.63) is 29.5 Å². The number of aromatic nitrogens is 3. The van der Waals surface area contributed by atoms with Crippen molar-refractivity contribution in [2.75, 3.05) is 0 Å². The Bertz CT molecular complexity index is 699. The van der Waals surface area contributed by atoms with E-state index in [0.717, 1.165) is 11.1 Å². The zero-order valence-corrected chi connectivity index (χ0v) is 10.4. The van der Waals surface area contributed by atoms with Gasteiger partial charge in [0.25, 0.3) is 5.22 Å². The number of hydrogen-bond acceptors (Lipinski definition) is 4. The summed E-state index contributed by atoms with van der Waals surface area (Å²) in [6.45, 7) is 4.16. The molecule has 5 heteroatoms. The predicted molar refractivity (Wildman–Crippen MR) is 68.3 cm³/mol. The molecule has 0 aliphatic carbocycles. The summed E-state index contributed by atoms with van der Waals surface area (Å²) in [6.07, 6.45) is 0. The van der Waals surface area contributed by atoms with Crippen LogP contribution in [0.25, 0.3) is 22.4 Å². The van der Waals surface area contributed by atoms with Crippen molar-refractivity contribution in [2.24, 2.45) is 0 Å². The van der Waals surface area contributed by atoms with E-state index in [9.17, 15) is 0 Å². The van der Waals surface area contributed by atoms with Crippen molar-refractivity contribution < 1.29 is 4.42 Å². The third kappa shape index (κ3) is 1.63. The van der Waals surface area contributed by atoms with Gasteiger partial charge in [-0.2, -0.15) is 0 Å². The van der Waals surface area contributed by atoms with Crippen LogP contribution in [-0.4, -0.2) is 15.2 Å². The molecule has 0 fully saturated rings. The van der Waals surface area contributed by atoms with Gasteiger partial charge in [-0.05, 0) is 37.6 Å². The van der Waals surface area contributed by atoms with E-state index < -0.39 is 0 Å². The topological polar surface area (TPSA) is 54.7 Å². The van der Waals surface area contributed by atoms with Gasteiger partial charge in [0, 0.05) is 22.2 Å². The molecule has 86 valence electrons. The molecule has 0 aliphatic heterocycles. The quantitative estimate of drug-likeness (QED) is 0.648. The Morgan fingerprint density at radius 3 is 2.76 bits per heavy atom. The normalized spacial score (nSPS) is 11.2.